The van der Waals surface area contributed by atoms with Gasteiger partial charge in [0.25, 0.3) is 0 Å². The van der Waals surface area contributed by atoms with Gasteiger partial charge < -0.3 is 25.8 Å². The summed E-state index contributed by atoms with van der Waals surface area (Å²) in [6, 6.07) is 5.64. The van der Waals surface area contributed by atoms with E-state index in [-0.39, 0.29) is 35.6 Å². The molecule has 1 aliphatic heterocycles. The molecule has 4 N–H and O–H groups in total. The number of benzene rings is 1. The number of phenolic OH excluding ortho intramolecular Hbond substituents is 1. The van der Waals surface area contributed by atoms with Crippen molar-refractivity contribution in [3.8, 4) is 11.5 Å². The number of aromatic hydroxyl groups is 1. The first-order chi connectivity index (χ1) is 14.0. The molecule has 170 valence electrons. The summed E-state index contributed by atoms with van der Waals surface area (Å²) in [7, 11) is 1.53. The Kier molecular flexibility index (Phi) is 12.5. The minimum atomic E-state index is 0. The average Bonchev–Trinajstić information content (AvgIpc) is 2.72. The summed E-state index contributed by atoms with van der Waals surface area (Å²) in [6.07, 6.45) is 2.89. The molecule has 0 spiro atoms. The van der Waals surface area contributed by atoms with E-state index in [2.05, 4.69) is 32.8 Å². The zero-order chi connectivity index (χ0) is 21.1. The highest BCUT2D eigenvalue weighted by molar-refractivity contribution is 14.0. The van der Waals surface area contributed by atoms with Gasteiger partial charge >= 0.3 is 0 Å². The normalized spacial score (nSPS) is 15.2. The molecule has 1 amide bonds. The highest BCUT2D eigenvalue weighted by Crippen LogP contribution is 2.26. The van der Waals surface area contributed by atoms with Crippen LogP contribution >= 0.6 is 24.0 Å². The van der Waals surface area contributed by atoms with E-state index >= 15 is 0 Å². The zero-order valence-corrected chi connectivity index (χ0v) is 20.6. The first-order valence-corrected chi connectivity index (χ1v) is 10.5. The average molecular weight is 533 g/mol. The molecule has 30 heavy (non-hydrogen) atoms. The number of amides is 1. The van der Waals surface area contributed by atoms with Crippen LogP contribution in [-0.2, 0) is 11.3 Å². The number of aliphatic imine (C=N–C) groups is 1. The van der Waals surface area contributed by atoms with E-state index in [9.17, 15) is 9.90 Å². The predicted molar refractivity (Wildman–Crippen MR) is 131 cm³/mol. The fourth-order valence-corrected chi connectivity index (χ4v) is 3.28. The number of phenols is 1. The molecular weight excluding hydrogens is 497 g/mol. The molecule has 8 nitrogen and oxygen atoms in total. The highest BCUT2D eigenvalue weighted by Gasteiger charge is 2.21. The molecular formula is C21H36IN5O3. The van der Waals surface area contributed by atoms with E-state index in [1.54, 1.807) is 12.1 Å². The van der Waals surface area contributed by atoms with E-state index in [1.165, 1.54) is 7.11 Å². The largest absolute Gasteiger partial charge is 0.504 e. The molecule has 0 bridgehead atoms. The van der Waals surface area contributed by atoms with Crippen molar-refractivity contribution in [1.82, 2.24) is 20.9 Å². The fourth-order valence-electron chi connectivity index (χ4n) is 3.28. The number of hydrogen-bond acceptors (Lipinski definition) is 5. The topological polar surface area (TPSA) is 98.2 Å². The second kappa shape index (κ2) is 14.3. The molecule has 0 atom stereocenters. The van der Waals surface area contributed by atoms with Crippen molar-refractivity contribution in [1.29, 1.82) is 0 Å². The molecule has 0 aromatic heterocycles. The van der Waals surface area contributed by atoms with E-state index in [1.807, 2.05) is 13.0 Å². The maximum Gasteiger partial charge on any atom is 0.234 e. The van der Waals surface area contributed by atoms with Crippen molar-refractivity contribution in [3.63, 3.8) is 0 Å². The quantitative estimate of drug-likeness (QED) is 0.221. The SMILES string of the molecule is CCCNC(=O)CN1CCC(NC(=NCc2ccc(OC)c(O)c2)NCC)CC1.I. The van der Waals surface area contributed by atoms with Gasteiger partial charge in [-0.05, 0) is 43.9 Å². The number of rotatable bonds is 9. The van der Waals surface area contributed by atoms with Gasteiger partial charge in [0, 0.05) is 32.2 Å². The summed E-state index contributed by atoms with van der Waals surface area (Å²) < 4.78 is 5.08. The number of carbonyl (C=O) groups is 1. The lowest BCUT2D eigenvalue weighted by Gasteiger charge is -2.32. The van der Waals surface area contributed by atoms with Crippen molar-refractivity contribution in [2.45, 2.75) is 45.7 Å². The van der Waals surface area contributed by atoms with Crippen LogP contribution in [0.5, 0.6) is 11.5 Å². The number of ether oxygens (including phenoxy) is 1. The van der Waals surface area contributed by atoms with Gasteiger partial charge in [-0.3, -0.25) is 9.69 Å². The van der Waals surface area contributed by atoms with Gasteiger partial charge in [-0.2, -0.15) is 0 Å². The molecule has 0 aliphatic carbocycles. The van der Waals surface area contributed by atoms with Crippen LogP contribution in [0.25, 0.3) is 0 Å². The summed E-state index contributed by atoms with van der Waals surface area (Å²) in [5.41, 5.74) is 0.911. The number of piperidine rings is 1. The summed E-state index contributed by atoms with van der Waals surface area (Å²) >= 11 is 0. The van der Waals surface area contributed by atoms with Crippen LogP contribution < -0.4 is 20.7 Å². The van der Waals surface area contributed by atoms with Gasteiger partial charge in [-0.25, -0.2) is 4.99 Å². The van der Waals surface area contributed by atoms with E-state index in [4.69, 9.17) is 4.74 Å². The lowest BCUT2D eigenvalue weighted by atomic mass is 10.1. The Morgan fingerprint density at radius 1 is 1.27 bits per heavy atom. The maximum atomic E-state index is 11.9. The standard InChI is InChI=1S/C21H35N5O3.HI/c1-4-10-23-20(28)15-26-11-8-17(9-12-26)25-21(22-5-2)24-14-16-6-7-19(29-3)18(27)13-16;/h6-7,13,17,27H,4-5,8-12,14-15H2,1-3H3,(H,23,28)(H2,22,24,25);1H. The molecule has 1 heterocycles. The highest BCUT2D eigenvalue weighted by atomic mass is 127. The first-order valence-electron chi connectivity index (χ1n) is 10.5. The molecule has 0 unspecified atom stereocenters. The number of carbonyl (C=O) groups excluding carboxylic acids is 1. The van der Waals surface area contributed by atoms with Crippen LogP contribution in [0, 0.1) is 0 Å². The Bertz CT molecular complexity index is 679. The molecule has 1 aromatic carbocycles. The number of nitrogens with one attached hydrogen (secondary N) is 3. The minimum absolute atomic E-state index is 0. The van der Waals surface area contributed by atoms with Crippen molar-refractivity contribution in [2.75, 3.05) is 39.8 Å². The molecule has 1 aliphatic rings. The van der Waals surface area contributed by atoms with E-state index in [0.29, 0.717) is 24.9 Å². The number of methoxy groups -OCH3 is 1. The summed E-state index contributed by atoms with van der Waals surface area (Å²) in [5.74, 6) is 1.45. The lowest BCUT2D eigenvalue weighted by Crippen LogP contribution is -2.50. The smallest absolute Gasteiger partial charge is 0.234 e. The van der Waals surface area contributed by atoms with Gasteiger partial charge in [0.05, 0.1) is 20.2 Å². The van der Waals surface area contributed by atoms with Gasteiger partial charge in [0.15, 0.2) is 17.5 Å². The number of hydrogen-bond donors (Lipinski definition) is 4. The molecule has 1 saturated heterocycles. The van der Waals surface area contributed by atoms with Crippen LogP contribution in [0.4, 0.5) is 0 Å². The molecule has 2 rings (SSSR count). The van der Waals surface area contributed by atoms with Gasteiger partial charge in [0.2, 0.25) is 5.91 Å². The summed E-state index contributed by atoms with van der Waals surface area (Å²) in [6.45, 7) is 8.32. The van der Waals surface area contributed by atoms with E-state index in [0.717, 1.165) is 57.0 Å². The van der Waals surface area contributed by atoms with Crippen molar-refractivity contribution < 1.29 is 14.6 Å². The molecule has 0 saturated carbocycles. The van der Waals surface area contributed by atoms with Crippen LogP contribution in [0.15, 0.2) is 23.2 Å². The summed E-state index contributed by atoms with van der Waals surface area (Å²) in [5, 5.41) is 19.6. The Morgan fingerprint density at radius 3 is 2.60 bits per heavy atom. The lowest BCUT2D eigenvalue weighted by molar-refractivity contribution is -0.122. The van der Waals surface area contributed by atoms with Gasteiger partial charge in [-0.15, -0.1) is 24.0 Å². The third-order valence-corrected chi connectivity index (χ3v) is 4.88. The van der Waals surface area contributed by atoms with Gasteiger partial charge in [0.1, 0.15) is 0 Å². The van der Waals surface area contributed by atoms with Crippen molar-refractivity contribution in [3.05, 3.63) is 23.8 Å². The Labute approximate surface area is 196 Å². The Hall–Kier alpha value is -1.75. The van der Waals surface area contributed by atoms with Crippen LogP contribution in [0.1, 0.15) is 38.7 Å². The number of nitrogens with zero attached hydrogens (tertiary/aromatic N) is 2. The zero-order valence-electron chi connectivity index (χ0n) is 18.2. The maximum absolute atomic E-state index is 11.9. The Morgan fingerprint density at radius 2 is 2.00 bits per heavy atom. The van der Waals surface area contributed by atoms with Gasteiger partial charge in [-0.1, -0.05) is 13.0 Å². The minimum Gasteiger partial charge on any atom is -0.504 e. The predicted octanol–water partition coefficient (Wildman–Crippen LogP) is 2.06. The number of guanidine groups is 1. The number of likely N-dealkylation sites (tertiary alicyclic amines) is 1. The van der Waals surface area contributed by atoms with Crippen LogP contribution in [0.2, 0.25) is 0 Å². The van der Waals surface area contributed by atoms with Crippen molar-refractivity contribution >= 4 is 35.8 Å². The third kappa shape index (κ3) is 8.95. The molecule has 1 fully saturated rings. The second-order valence-electron chi connectivity index (χ2n) is 7.25. The fraction of sp³-hybridized carbons (Fsp3) is 0.619. The summed E-state index contributed by atoms with van der Waals surface area (Å²) in [4.78, 5) is 18.7. The van der Waals surface area contributed by atoms with E-state index < -0.39 is 0 Å². The number of halogens is 1. The first kappa shape index (κ1) is 26.3. The monoisotopic (exact) mass is 533 g/mol. The third-order valence-electron chi connectivity index (χ3n) is 4.88. The van der Waals surface area contributed by atoms with Crippen LogP contribution in [-0.4, -0.2) is 67.7 Å². The molecule has 9 heteroatoms. The van der Waals surface area contributed by atoms with Crippen LogP contribution in [0.3, 0.4) is 0 Å². The Balaban J connectivity index is 0.00000450. The molecule has 1 aromatic rings. The van der Waals surface area contributed by atoms with Crippen molar-refractivity contribution in [2.24, 2.45) is 4.99 Å². The molecule has 0 radical (unpaired) electrons. The second-order valence-corrected chi connectivity index (χ2v) is 7.25.